The summed E-state index contributed by atoms with van der Waals surface area (Å²) in [6.07, 6.45) is 1.81. The van der Waals surface area contributed by atoms with Crippen molar-refractivity contribution in [3.63, 3.8) is 0 Å². The SMILES string of the molecule is CNC(=O)c1cc(C(=O)NC2CCCOC2)n(C(C)c2ccccc2)n1. The van der Waals surface area contributed by atoms with Crippen molar-refractivity contribution in [1.29, 1.82) is 0 Å². The summed E-state index contributed by atoms with van der Waals surface area (Å²) in [5.74, 6) is -0.565. The summed E-state index contributed by atoms with van der Waals surface area (Å²) in [4.78, 5) is 24.8. The van der Waals surface area contributed by atoms with Gasteiger partial charge >= 0.3 is 0 Å². The van der Waals surface area contributed by atoms with Gasteiger partial charge in [-0.25, -0.2) is 0 Å². The van der Waals surface area contributed by atoms with E-state index >= 15 is 0 Å². The molecule has 1 aromatic carbocycles. The summed E-state index contributed by atoms with van der Waals surface area (Å²) in [6, 6.07) is 11.1. The standard InChI is InChI=1S/C19H24N4O3/c1-13(14-7-4-3-5-8-14)23-17(11-16(22-23)18(24)20-2)19(25)21-15-9-6-10-26-12-15/h3-5,7-8,11,13,15H,6,9-10,12H2,1-2H3,(H,20,24)(H,21,25). The molecule has 2 atom stereocenters. The van der Waals surface area contributed by atoms with Gasteiger partial charge in [0.2, 0.25) is 0 Å². The van der Waals surface area contributed by atoms with Crippen molar-refractivity contribution in [2.24, 2.45) is 0 Å². The lowest BCUT2D eigenvalue weighted by molar-refractivity contribution is 0.0619. The smallest absolute Gasteiger partial charge is 0.271 e. The van der Waals surface area contributed by atoms with E-state index < -0.39 is 0 Å². The van der Waals surface area contributed by atoms with Gasteiger partial charge in [-0.15, -0.1) is 0 Å². The quantitative estimate of drug-likeness (QED) is 0.855. The molecule has 2 unspecified atom stereocenters. The predicted octanol–water partition coefficient (Wildman–Crippen LogP) is 1.76. The minimum absolute atomic E-state index is 0.0184. The van der Waals surface area contributed by atoms with Gasteiger partial charge in [-0.2, -0.15) is 5.10 Å². The Balaban J connectivity index is 1.90. The van der Waals surface area contributed by atoms with E-state index in [0.29, 0.717) is 12.3 Å². The fourth-order valence-corrected chi connectivity index (χ4v) is 3.08. The van der Waals surface area contributed by atoms with Gasteiger partial charge in [0, 0.05) is 19.7 Å². The molecule has 2 N–H and O–H groups in total. The number of hydrogen-bond acceptors (Lipinski definition) is 4. The van der Waals surface area contributed by atoms with E-state index in [2.05, 4.69) is 15.7 Å². The van der Waals surface area contributed by atoms with Gasteiger partial charge < -0.3 is 15.4 Å². The van der Waals surface area contributed by atoms with E-state index in [1.54, 1.807) is 11.7 Å². The lowest BCUT2D eigenvalue weighted by Crippen LogP contribution is -2.41. The zero-order valence-electron chi connectivity index (χ0n) is 15.1. The first-order valence-corrected chi connectivity index (χ1v) is 8.85. The third-order valence-electron chi connectivity index (χ3n) is 4.57. The van der Waals surface area contributed by atoms with Crippen LogP contribution in [0.3, 0.4) is 0 Å². The summed E-state index contributed by atoms with van der Waals surface area (Å²) in [6.45, 7) is 3.20. The van der Waals surface area contributed by atoms with Crippen LogP contribution < -0.4 is 10.6 Å². The molecule has 138 valence electrons. The molecule has 7 heteroatoms. The third kappa shape index (κ3) is 3.94. The first-order valence-electron chi connectivity index (χ1n) is 8.85. The van der Waals surface area contributed by atoms with Crippen molar-refractivity contribution in [2.75, 3.05) is 20.3 Å². The monoisotopic (exact) mass is 356 g/mol. The van der Waals surface area contributed by atoms with Crippen LogP contribution in [0.2, 0.25) is 0 Å². The second-order valence-electron chi connectivity index (χ2n) is 6.41. The van der Waals surface area contributed by atoms with Crippen LogP contribution in [0.5, 0.6) is 0 Å². The molecule has 1 aromatic heterocycles. The van der Waals surface area contributed by atoms with E-state index in [-0.39, 0.29) is 29.6 Å². The maximum Gasteiger partial charge on any atom is 0.271 e. The highest BCUT2D eigenvalue weighted by molar-refractivity contribution is 5.98. The van der Waals surface area contributed by atoms with Gasteiger partial charge in [0.05, 0.1) is 18.7 Å². The summed E-state index contributed by atoms with van der Waals surface area (Å²) in [5.41, 5.74) is 1.60. The van der Waals surface area contributed by atoms with E-state index in [0.717, 1.165) is 25.0 Å². The van der Waals surface area contributed by atoms with Crippen molar-refractivity contribution in [2.45, 2.75) is 31.8 Å². The van der Waals surface area contributed by atoms with Crippen molar-refractivity contribution >= 4 is 11.8 Å². The fourth-order valence-electron chi connectivity index (χ4n) is 3.08. The van der Waals surface area contributed by atoms with Crippen LogP contribution in [0.25, 0.3) is 0 Å². The third-order valence-corrected chi connectivity index (χ3v) is 4.57. The summed E-state index contributed by atoms with van der Waals surface area (Å²) < 4.78 is 7.04. The lowest BCUT2D eigenvalue weighted by Gasteiger charge is -2.23. The zero-order valence-corrected chi connectivity index (χ0v) is 15.1. The van der Waals surface area contributed by atoms with E-state index in [4.69, 9.17) is 4.74 Å². The second-order valence-corrected chi connectivity index (χ2v) is 6.41. The molecule has 1 aliphatic heterocycles. The normalized spacial score (nSPS) is 18.2. The second kappa shape index (κ2) is 8.14. The molecular formula is C19H24N4O3. The van der Waals surface area contributed by atoms with Crippen LogP contribution in [-0.4, -0.2) is 47.9 Å². The summed E-state index contributed by atoms with van der Waals surface area (Å²) in [5, 5.41) is 9.93. The Morgan fingerprint density at radius 1 is 1.27 bits per heavy atom. The van der Waals surface area contributed by atoms with Crippen LogP contribution in [0.4, 0.5) is 0 Å². The molecule has 2 aromatic rings. The summed E-state index contributed by atoms with van der Waals surface area (Å²) >= 11 is 0. The number of rotatable bonds is 5. The highest BCUT2D eigenvalue weighted by Crippen LogP contribution is 2.20. The number of carbonyl (C=O) groups excluding carboxylic acids is 2. The van der Waals surface area contributed by atoms with Crippen LogP contribution >= 0.6 is 0 Å². The average Bonchev–Trinajstić information content (AvgIpc) is 3.14. The molecular weight excluding hydrogens is 332 g/mol. The molecule has 1 saturated heterocycles. The Morgan fingerprint density at radius 3 is 2.69 bits per heavy atom. The molecule has 1 fully saturated rings. The first kappa shape index (κ1) is 18.1. The van der Waals surface area contributed by atoms with Crippen molar-refractivity contribution < 1.29 is 14.3 Å². The molecule has 2 amide bonds. The molecule has 7 nitrogen and oxygen atoms in total. The Morgan fingerprint density at radius 2 is 2.04 bits per heavy atom. The number of ether oxygens (including phenoxy) is 1. The fraction of sp³-hybridized carbons (Fsp3) is 0.421. The first-order chi connectivity index (χ1) is 12.6. The Bertz CT molecular complexity index is 766. The van der Waals surface area contributed by atoms with E-state index in [1.165, 1.54) is 6.07 Å². The zero-order chi connectivity index (χ0) is 18.5. The number of nitrogens with zero attached hydrogens (tertiary/aromatic N) is 2. The Kier molecular flexibility index (Phi) is 5.68. The van der Waals surface area contributed by atoms with E-state index in [1.807, 2.05) is 37.3 Å². The summed E-state index contributed by atoms with van der Waals surface area (Å²) in [7, 11) is 1.54. The average molecular weight is 356 g/mol. The van der Waals surface area contributed by atoms with E-state index in [9.17, 15) is 9.59 Å². The highest BCUT2D eigenvalue weighted by atomic mass is 16.5. The van der Waals surface area contributed by atoms with Crippen molar-refractivity contribution in [1.82, 2.24) is 20.4 Å². The topological polar surface area (TPSA) is 85.3 Å². The molecule has 0 radical (unpaired) electrons. The molecule has 3 rings (SSSR count). The molecule has 0 aliphatic carbocycles. The van der Waals surface area contributed by atoms with Crippen LogP contribution in [0, 0.1) is 0 Å². The van der Waals surface area contributed by atoms with Crippen LogP contribution in [-0.2, 0) is 4.74 Å². The van der Waals surface area contributed by atoms with Gasteiger partial charge in [-0.05, 0) is 25.3 Å². The number of nitrogens with one attached hydrogen (secondary N) is 2. The number of hydrogen-bond donors (Lipinski definition) is 2. The molecule has 26 heavy (non-hydrogen) atoms. The number of amides is 2. The van der Waals surface area contributed by atoms with Crippen molar-refractivity contribution in [3.8, 4) is 0 Å². The maximum atomic E-state index is 12.8. The minimum Gasteiger partial charge on any atom is -0.379 e. The number of benzene rings is 1. The Labute approximate surface area is 152 Å². The molecule has 2 heterocycles. The molecule has 0 saturated carbocycles. The van der Waals surface area contributed by atoms with Gasteiger partial charge in [0.25, 0.3) is 11.8 Å². The lowest BCUT2D eigenvalue weighted by atomic mass is 10.1. The predicted molar refractivity (Wildman–Crippen MR) is 97.2 cm³/mol. The van der Waals surface area contributed by atoms with Crippen LogP contribution in [0.1, 0.15) is 52.3 Å². The van der Waals surface area contributed by atoms with Crippen LogP contribution in [0.15, 0.2) is 36.4 Å². The largest absolute Gasteiger partial charge is 0.379 e. The van der Waals surface area contributed by atoms with Gasteiger partial charge in [0.1, 0.15) is 5.69 Å². The van der Waals surface area contributed by atoms with Gasteiger partial charge in [-0.1, -0.05) is 30.3 Å². The molecule has 0 spiro atoms. The molecule has 1 aliphatic rings. The number of carbonyl (C=O) groups is 2. The Hall–Kier alpha value is -2.67. The van der Waals surface area contributed by atoms with Crippen molar-refractivity contribution in [3.05, 3.63) is 53.3 Å². The molecule has 0 bridgehead atoms. The van der Waals surface area contributed by atoms with Gasteiger partial charge in [-0.3, -0.25) is 14.3 Å². The number of aromatic nitrogens is 2. The maximum absolute atomic E-state index is 12.8. The van der Waals surface area contributed by atoms with Gasteiger partial charge in [0.15, 0.2) is 5.69 Å². The minimum atomic E-state index is -0.320. The highest BCUT2D eigenvalue weighted by Gasteiger charge is 2.25.